The number of benzene rings is 1. The van der Waals surface area contributed by atoms with Crippen molar-refractivity contribution in [3.05, 3.63) is 34.9 Å². The number of nitrogens with one attached hydrogen (secondary N) is 1. The van der Waals surface area contributed by atoms with Crippen LogP contribution >= 0.6 is 11.6 Å². The van der Waals surface area contributed by atoms with Crippen molar-refractivity contribution >= 4 is 29.3 Å². The summed E-state index contributed by atoms with van der Waals surface area (Å²) in [5.74, 6) is 0.435. The molecule has 1 N–H and O–H groups in total. The number of nitrogens with zero attached hydrogens (tertiary/aromatic N) is 2. The molecule has 0 unspecified atom stereocenters. The second kappa shape index (κ2) is 8.34. The Morgan fingerprint density at radius 1 is 1.14 bits per heavy atom. The van der Waals surface area contributed by atoms with Crippen LogP contribution in [0.3, 0.4) is 0 Å². The first-order valence-corrected chi connectivity index (χ1v) is 11.0. The van der Waals surface area contributed by atoms with Crippen LogP contribution in [0.2, 0.25) is 5.02 Å². The molecule has 3 amide bonds. The maximum Gasteiger partial charge on any atom is 0.242 e. The predicted molar refractivity (Wildman–Crippen MR) is 110 cm³/mol. The molecule has 1 saturated carbocycles. The van der Waals surface area contributed by atoms with Gasteiger partial charge in [0.05, 0.1) is 12.0 Å². The molecule has 3 aliphatic rings. The molecule has 7 heteroatoms. The van der Waals surface area contributed by atoms with Gasteiger partial charge in [0.2, 0.25) is 17.7 Å². The minimum Gasteiger partial charge on any atom is -0.355 e. The lowest BCUT2D eigenvalue weighted by atomic mass is 9.93. The van der Waals surface area contributed by atoms with Crippen LogP contribution in [-0.2, 0) is 19.8 Å². The number of hydrogen-bond acceptors (Lipinski definition) is 3. The van der Waals surface area contributed by atoms with Gasteiger partial charge >= 0.3 is 0 Å². The summed E-state index contributed by atoms with van der Waals surface area (Å²) < 4.78 is 0. The number of piperidine rings is 1. The van der Waals surface area contributed by atoms with Crippen LogP contribution < -0.4 is 5.32 Å². The van der Waals surface area contributed by atoms with Gasteiger partial charge in [-0.2, -0.15) is 0 Å². The van der Waals surface area contributed by atoms with Crippen molar-refractivity contribution in [3.8, 4) is 0 Å². The minimum absolute atomic E-state index is 0.0242. The van der Waals surface area contributed by atoms with Gasteiger partial charge in [0.15, 0.2) is 0 Å². The largest absolute Gasteiger partial charge is 0.355 e. The SMILES string of the molecule is O=C1CCCN1CC(=O)N1CCC[C@@H](CNC(=O)C2(c3ccc(Cl)cc3)CC2)C1. The topological polar surface area (TPSA) is 69.7 Å². The fraction of sp³-hybridized carbons (Fsp3) is 0.591. The quantitative estimate of drug-likeness (QED) is 0.772. The molecule has 2 aliphatic heterocycles. The third kappa shape index (κ3) is 4.42. The fourth-order valence-electron chi connectivity index (χ4n) is 4.54. The number of amides is 3. The monoisotopic (exact) mass is 417 g/mol. The highest BCUT2D eigenvalue weighted by Gasteiger charge is 2.51. The Morgan fingerprint density at radius 3 is 2.55 bits per heavy atom. The highest BCUT2D eigenvalue weighted by Crippen LogP contribution is 2.48. The van der Waals surface area contributed by atoms with Gasteiger partial charge in [0.25, 0.3) is 0 Å². The van der Waals surface area contributed by atoms with E-state index in [1.54, 1.807) is 4.90 Å². The summed E-state index contributed by atoms with van der Waals surface area (Å²) in [6, 6.07) is 7.55. The molecular formula is C22H28ClN3O3. The van der Waals surface area contributed by atoms with Crippen LogP contribution in [0.4, 0.5) is 0 Å². The Hall–Kier alpha value is -2.08. The van der Waals surface area contributed by atoms with Crippen LogP contribution in [0.5, 0.6) is 0 Å². The summed E-state index contributed by atoms with van der Waals surface area (Å²) in [6.45, 7) is 2.85. The van der Waals surface area contributed by atoms with Crippen molar-refractivity contribution in [1.29, 1.82) is 0 Å². The molecule has 0 radical (unpaired) electrons. The molecule has 3 fully saturated rings. The Bertz CT molecular complexity index is 791. The Balaban J connectivity index is 1.28. The molecular weight excluding hydrogens is 390 g/mol. The van der Waals surface area contributed by atoms with Crippen LogP contribution in [0.1, 0.15) is 44.1 Å². The first-order chi connectivity index (χ1) is 14.0. The van der Waals surface area contributed by atoms with E-state index < -0.39 is 5.41 Å². The van der Waals surface area contributed by atoms with Crippen LogP contribution in [-0.4, -0.2) is 60.2 Å². The summed E-state index contributed by atoms with van der Waals surface area (Å²) in [5.41, 5.74) is 0.611. The maximum absolute atomic E-state index is 12.9. The second-order valence-electron chi connectivity index (χ2n) is 8.57. The lowest BCUT2D eigenvalue weighted by Crippen LogP contribution is -2.48. The molecule has 29 heavy (non-hydrogen) atoms. The number of rotatable bonds is 6. The van der Waals surface area contributed by atoms with E-state index >= 15 is 0 Å². The Morgan fingerprint density at radius 2 is 1.90 bits per heavy atom. The van der Waals surface area contributed by atoms with Crippen LogP contribution in [0.15, 0.2) is 24.3 Å². The number of hydrogen-bond donors (Lipinski definition) is 1. The van der Waals surface area contributed by atoms with Crippen molar-refractivity contribution in [2.24, 2.45) is 5.92 Å². The molecule has 156 valence electrons. The zero-order chi connectivity index (χ0) is 20.4. The van der Waals surface area contributed by atoms with E-state index in [-0.39, 0.29) is 30.2 Å². The van der Waals surface area contributed by atoms with E-state index in [0.717, 1.165) is 44.2 Å². The van der Waals surface area contributed by atoms with Crippen molar-refractivity contribution in [1.82, 2.24) is 15.1 Å². The standard InChI is InChI=1S/C22H28ClN3O3/c23-18-7-5-17(6-8-18)22(9-10-22)21(29)24-13-16-3-1-11-25(14-16)20(28)15-26-12-2-4-19(26)27/h5-8,16H,1-4,9-15H2,(H,24,29)/t16-/m0/s1. The Kier molecular flexibility index (Phi) is 5.81. The molecule has 0 aromatic heterocycles. The molecule has 0 spiro atoms. The van der Waals surface area contributed by atoms with Gasteiger partial charge in [-0.1, -0.05) is 23.7 Å². The summed E-state index contributed by atoms with van der Waals surface area (Å²) in [7, 11) is 0. The molecule has 4 rings (SSSR count). The molecule has 1 aliphatic carbocycles. The lowest BCUT2D eigenvalue weighted by molar-refractivity contribution is -0.139. The van der Waals surface area contributed by atoms with Crippen molar-refractivity contribution in [2.75, 3.05) is 32.7 Å². The molecule has 0 bridgehead atoms. The smallest absolute Gasteiger partial charge is 0.242 e. The summed E-state index contributed by atoms with van der Waals surface area (Å²) in [5, 5.41) is 3.81. The van der Waals surface area contributed by atoms with Crippen LogP contribution in [0.25, 0.3) is 0 Å². The third-order valence-electron chi connectivity index (χ3n) is 6.50. The van der Waals surface area contributed by atoms with E-state index in [1.807, 2.05) is 29.2 Å². The lowest BCUT2D eigenvalue weighted by Gasteiger charge is -2.34. The zero-order valence-electron chi connectivity index (χ0n) is 16.7. The van der Waals surface area contributed by atoms with Gasteiger partial charge in [-0.05, 0) is 55.7 Å². The fourth-order valence-corrected chi connectivity index (χ4v) is 4.67. The van der Waals surface area contributed by atoms with Gasteiger partial charge in [-0.25, -0.2) is 0 Å². The van der Waals surface area contributed by atoms with Crippen molar-refractivity contribution < 1.29 is 14.4 Å². The van der Waals surface area contributed by atoms with Crippen LogP contribution in [0, 0.1) is 5.92 Å². The predicted octanol–water partition coefficient (Wildman–Crippen LogP) is 2.35. The zero-order valence-corrected chi connectivity index (χ0v) is 17.4. The van der Waals surface area contributed by atoms with Crippen molar-refractivity contribution in [2.45, 2.75) is 43.9 Å². The summed E-state index contributed by atoms with van der Waals surface area (Å²) in [6.07, 6.45) is 5.05. The van der Waals surface area contributed by atoms with Gasteiger partial charge in [-0.3, -0.25) is 14.4 Å². The molecule has 1 aromatic rings. The molecule has 1 atom stereocenters. The Labute approximate surface area is 176 Å². The highest BCUT2D eigenvalue weighted by atomic mass is 35.5. The van der Waals surface area contributed by atoms with Gasteiger partial charge in [0.1, 0.15) is 0 Å². The van der Waals surface area contributed by atoms with E-state index in [2.05, 4.69) is 5.32 Å². The third-order valence-corrected chi connectivity index (χ3v) is 6.75. The minimum atomic E-state index is -0.412. The normalized spacial score (nSPS) is 23.2. The number of halogens is 1. The first-order valence-electron chi connectivity index (χ1n) is 10.6. The van der Waals surface area contributed by atoms with Crippen molar-refractivity contribution in [3.63, 3.8) is 0 Å². The van der Waals surface area contributed by atoms with E-state index in [0.29, 0.717) is 31.1 Å². The molecule has 1 aromatic carbocycles. The first kappa shape index (κ1) is 20.2. The maximum atomic E-state index is 12.9. The number of likely N-dealkylation sites (tertiary alicyclic amines) is 2. The molecule has 2 saturated heterocycles. The number of carbonyl (C=O) groups is 3. The van der Waals surface area contributed by atoms with Gasteiger partial charge in [-0.15, -0.1) is 0 Å². The average Bonchev–Trinajstić information content (AvgIpc) is 3.45. The van der Waals surface area contributed by atoms with E-state index in [4.69, 9.17) is 11.6 Å². The molecule has 6 nitrogen and oxygen atoms in total. The summed E-state index contributed by atoms with van der Waals surface area (Å²) in [4.78, 5) is 40.8. The average molecular weight is 418 g/mol. The van der Waals surface area contributed by atoms with Gasteiger partial charge < -0.3 is 15.1 Å². The number of carbonyl (C=O) groups excluding carboxylic acids is 3. The molecule has 2 heterocycles. The summed E-state index contributed by atoms with van der Waals surface area (Å²) >= 11 is 5.97. The highest BCUT2D eigenvalue weighted by molar-refractivity contribution is 6.30. The second-order valence-corrected chi connectivity index (χ2v) is 9.00. The van der Waals surface area contributed by atoms with E-state index in [1.165, 1.54) is 0 Å². The van der Waals surface area contributed by atoms with Gasteiger partial charge in [0, 0.05) is 37.6 Å². The van der Waals surface area contributed by atoms with E-state index in [9.17, 15) is 14.4 Å².